The predicted octanol–water partition coefficient (Wildman–Crippen LogP) is 1.23. The predicted molar refractivity (Wildman–Crippen MR) is 106 cm³/mol. The van der Waals surface area contributed by atoms with Crippen LogP contribution in [0.1, 0.15) is 25.7 Å². The molecule has 3 fully saturated rings. The first kappa shape index (κ1) is 18.3. The second kappa shape index (κ2) is 7.89. The first-order valence-corrected chi connectivity index (χ1v) is 10.3. The van der Waals surface area contributed by atoms with Gasteiger partial charge in [-0.25, -0.2) is 0 Å². The average molecular weight is 370 g/mol. The second-order valence-corrected chi connectivity index (χ2v) is 8.12. The molecule has 1 aromatic carbocycles. The van der Waals surface area contributed by atoms with Crippen molar-refractivity contribution in [1.82, 2.24) is 15.5 Å². The van der Waals surface area contributed by atoms with Crippen molar-refractivity contribution in [2.24, 2.45) is 11.3 Å². The molecule has 0 bridgehead atoms. The molecule has 2 saturated heterocycles. The number of para-hydroxylation sites is 1. The van der Waals surface area contributed by atoms with Gasteiger partial charge in [-0.3, -0.25) is 9.59 Å². The van der Waals surface area contributed by atoms with E-state index in [1.54, 1.807) is 0 Å². The highest BCUT2D eigenvalue weighted by Crippen LogP contribution is 2.43. The molecule has 6 nitrogen and oxygen atoms in total. The maximum Gasteiger partial charge on any atom is 0.242 e. The number of amides is 2. The molecular weight excluding hydrogens is 340 g/mol. The highest BCUT2D eigenvalue weighted by Gasteiger charge is 2.49. The Bertz CT molecular complexity index is 672. The first-order valence-electron chi connectivity index (χ1n) is 10.3. The van der Waals surface area contributed by atoms with Crippen LogP contribution in [0.25, 0.3) is 0 Å². The number of nitrogens with zero attached hydrogens (tertiary/aromatic N) is 2. The lowest BCUT2D eigenvalue weighted by atomic mass is 9.67. The van der Waals surface area contributed by atoms with Gasteiger partial charge in [0.15, 0.2) is 0 Å². The number of carbonyl (C=O) groups is 2. The third-order valence-corrected chi connectivity index (χ3v) is 6.64. The normalized spacial score (nSPS) is 27.9. The minimum atomic E-state index is -0.287. The molecule has 0 radical (unpaired) electrons. The quantitative estimate of drug-likeness (QED) is 0.837. The van der Waals surface area contributed by atoms with Gasteiger partial charge >= 0.3 is 0 Å². The molecule has 0 spiro atoms. The minimum absolute atomic E-state index is 0.0331. The van der Waals surface area contributed by atoms with Gasteiger partial charge in [-0.1, -0.05) is 31.0 Å². The van der Waals surface area contributed by atoms with Crippen LogP contribution in [-0.2, 0) is 9.59 Å². The highest BCUT2D eigenvalue weighted by molar-refractivity contribution is 5.88. The van der Waals surface area contributed by atoms with Crippen LogP contribution in [0.2, 0.25) is 0 Å². The zero-order valence-electron chi connectivity index (χ0n) is 16.0. The molecule has 2 aliphatic heterocycles. The Hall–Kier alpha value is -2.08. The van der Waals surface area contributed by atoms with Gasteiger partial charge in [0.25, 0.3) is 0 Å². The Labute approximate surface area is 161 Å². The SMILES string of the molecule is O=C(CNC(=O)[C@@]12CCCC[C@H]1CNC2)N1CCN(c2ccccc2)CC1. The zero-order valence-corrected chi connectivity index (χ0v) is 16.0. The van der Waals surface area contributed by atoms with Crippen molar-refractivity contribution in [3.63, 3.8) is 0 Å². The summed E-state index contributed by atoms with van der Waals surface area (Å²) in [5, 5.41) is 6.37. The molecule has 1 aliphatic carbocycles. The largest absolute Gasteiger partial charge is 0.368 e. The Morgan fingerprint density at radius 1 is 1.11 bits per heavy atom. The van der Waals surface area contributed by atoms with E-state index in [1.807, 2.05) is 23.1 Å². The topological polar surface area (TPSA) is 64.7 Å². The van der Waals surface area contributed by atoms with Gasteiger partial charge < -0.3 is 20.4 Å². The van der Waals surface area contributed by atoms with E-state index in [0.717, 1.165) is 45.4 Å². The lowest BCUT2D eigenvalue weighted by Gasteiger charge is -2.38. The van der Waals surface area contributed by atoms with Crippen molar-refractivity contribution in [2.75, 3.05) is 50.7 Å². The number of anilines is 1. The van der Waals surface area contributed by atoms with E-state index in [1.165, 1.54) is 12.1 Å². The summed E-state index contributed by atoms with van der Waals surface area (Å²) in [7, 11) is 0. The number of benzene rings is 1. The fraction of sp³-hybridized carbons (Fsp3) is 0.619. The molecule has 2 heterocycles. The third-order valence-electron chi connectivity index (χ3n) is 6.64. The van der Waals surface area contributed by atoms with Crippen LogP contribution >= 0.6 is 0 Å². The van der Waals surface area contributed by atoms with Gasteiger partial charge in [0.2, 0.25) is 11.8 Å². The van der Waals surface area contributed by atoms with E-state index in [2.05, 4.69) is 27.7 Å². The lowest BCUT2D eigenvalue weighted by Crippen LogP contribution is -2.53. The minimum Gasteiger partial charge on any atom is -0.368 e. The van der Waals surface area contributed by atoms with Crippen molar-refractivity contribution in [3.8, 4) is 0 Å². The van der Waals surface area contributed by atoms with E-state index in [9.17, 15) is 9.59 Å². The molecule has 4 rings (SSSR count). The molecule has 3 aliphatic rings. The molecule has 6 heteroatoms. The zero-order chi connectivity index (χ0) is 18.7. The van der Waals surface area contributed by atoms with Gasteiger partial charge in [0, 0.05) is 38.4 Å². The average Bonchev–Trinajstić information content (AvgIpc) is 3.18. The second-order valence-electron chi connectivity index (χ2n) is 8.12. The summed E-state index contributed by atoms with van der Waals surface area (Å²) >= 11 is 0. The molecule has 2 atom stereocenters. The molecule has 2 amide bonds. The van der Waals surface area contributed by atoms with Crippen LogP contribution in [0.5, 0.6) is 0 Å². The molecule has 27 heavy (non-hydrogen) atoms. The van der Waals surface area contributed by atoms with Crippen molar-refractivity contribution in [3.05, 3.63) is 30.3 Å². The van der Waals surface area contributed by atoms with Crippen LogP contribution in [0.4, 0.5) is 5.69 Å². The Balaban J connectivity index is 1.27. The van der Waals surface area contributed by atoms with Gasteiger partial charge in [-0.15, -0.1) is 0 Å². The first-order chi connectivity index (χ1) is 13.2. The monoisotopic (exact) mass is 370 g/mol. The Morgan fingerprint density at radius 3 is 2.67 bits per heavy atom. The molecular formula is C21H30N4O2. The molecule has 146 valence electrons. The number of nitrogens with one attached hydrogen (secondary N) is 2. The van der Waals surface area contributed by atoms with Gasteiger partial charge in [0.05, 0.1) is 12.0 Å². The summed E-state index contributed by atoms with van der Waals surface area (Å²) in [6.45, 7) is 4.89. The van der Waals surface area contributed by atoms with Gasteiger partial charge in [0.1, 0.15) is 0 Å². The van der Waals surface area contributed by atoms with Gasteiger partial charge in [-0.2, -0.15) is 0 Å². The standard InChI is InChI=1S/C21H30N4O2/c26-19(25-12-10-24(11-13-25)18-7-2-1-3-8-18)15-23-20(27)21-9-5-4-6-17(21)14-22-16-21/h1-3,7-8,17,22H,4-6,9-16H2,(H,23,27)/t17-,21+/m0/s1. The maximum absolute atomic E-state index is 12.9. The number of hydrogen-bond donors (Lipinski definition) is 2. The highest BCUT2D eigenvalue weighted by atomic mass is 16.2. The molecule has 1 aromatic rings. The molecule has 0 unspecified atom stereocenters. The fourth-order valence-corrected chi connectivity index (χ4v) is 4.99. The smallest absolute Gasteiger partial charge is 0.242 e. The number of piperazine rings is 1. The van der Waals surface area contributed by atoms with Gasteiger partial charge in [-0.05, 0) is 37.4 Å². The molecule has 2 N–H and O–H groups in total. The van der Waals surface area contributed by atoms with E-state index < -0.39 is 0 Å². The third kappa shape index (κ3) is 3.68. The van der Waals surface area contributed by atoms with Crippen molar-refractivity contribution in [2.45, 2.75) is 25.7 Å². The van der Waals surface area contributed by atoms with Crippen LogP contribution in [0.15, 0.2) is 30.3 Å². The van der Waals surface area contributed by atoms with E-state index in [0.29, 0.717) is 19.0 Å². The maximum atomic E-state index is 12.9. The molecule has 1 saturated carbocycles. The van der Waals surface area contributed by atoms with E-state index in [-0.39, 0.29) is 23.8 Å². The summed E-state index contributed by atoms with van der Waals surface area (Å²) in [5.74, 6) is 0.537. The van der Waals surface area contributed by atoms with Crippen LogP contribution in [0.3, 0.4) is 0 Å². The number of hydrogen-bond acceptors (Lipinski definition) is 4. The van der Waals surface area contributed by atoms with Crippen LogP contribution in [-0.4, -0.2) is 62.5 Å². The number of carbonyl (C=O) groups excluding carboxylic acids is 2. The van der Waals surface area contributed by atoms with E-state index >= 15 is 0 Å². The number of fused-ring (bicyclic) bond motifs is 1. The Morgan fingerprint density at radius 2 is 1.89 bits per heavy atom. The summed E-state index contributed by atoms with van der Waals surface area (Å²) in [6.07, 6.45) is 4.39. The van der Waals surface area contributed by atoms with Crippen LogP contribution < -0.4 is 15.5 Å². The summed E-state index contributed by atoms with van der Waals surface area (Å²) < 4.78 is 0. The van der Waals surface area contributed by atoms with Crippen molar-refractivity contribution in [1.29, 1.82) is 0 Å². The molecule has 0 aromatic heterocycles. The van der Waals surface area contributed by atoms with E-state index in [4.69, 9.17) is 0 Å². The van der Waals surface area contributed by atoms with Crippen molar-refractivity contribution < 1.29 is 9.59 Å². The summed E-state index contributed by atoms with van der Waals surface area (Å²) in [4.78, 5) is 29.7. The Kier molecular flexibility index (Phi) is 5.34. The van der Waals surface area contributed by atoms with Crippen LogP contribution in [0, 0.1) is 11.3 Å². The number of rotatable bonds is 4. The summed E-state index contributed by atoms with van der Waals surface area (Å²) in [6, 6.07) is 10.3. The summed E-state index contributed by atoms with van der Waals surface area (Å²) in [5.41, 5.74) is 0.916. The fourth-order valence-electron chi connectivity index (χ4n) is 4.99. The van der Waals surface area contributed by atoms with Crippen molar-refractivity contribution >= 4 is 17.5 Å². The lowest BCUT2D eigenvalue weighted by molar-refractivity contribution is -0.138.